The average Bonchev–Trinajstić information content (AvgIpc) is 2.26. The lowest BCUT2D eigenvalue weighted by atomic mass is 10.3. The van der Waals surface area contributed by atoms with E-state index in [9.17, 15) is 30.8 Å². The first-order valence-corrected chi connectivity index (χ1v) is 5.94. The summed E-state index contributed by atoms with van der Waals surface area (Å²) in [5.41, 5.74) is 0. The fraction of sp³-hybridized carbons (Fsp3) is 0.222. The SMILES string of the molecule is O=C(Oc1ccccc1)C(F)(C(F)(F)F)S(=O)(=O)O. The van der Waals surface area contributed by atoms with Crippen LogP contribution in [0, 0.1) is 0 Å². The molecule has 0 fully saturated rings. The molecule has 0 aliphatic carbocycles. The Labute approximate surface area is 104 Å². The van der Waals surface area contributed by atoms with Gasteiger partial charge in [-0.3, -0.25) is 4.55 Å². The highest BCUT2D eigenvalue weighted by Crippen LogP contribution is 2.39. The van der Waals surface area contributed by atoms with Crippen molar-refractivity contribution < 1.29 is 40.1 Å². The van der Waals surface area contributed by atoms with Gasteiger partial charge in [0.2, 0.25) is 0 Å². The molecule has 0 amide bonds. The van der Waals surface area contributed by atoms with Crippen molar-refractivity contribution in [3.8, 4) is 5.75 Å². The van der Waals surface area contributed by atoms with Gasteiger partial charge in [-0.15, -0.1) is 0 Å². The largest absolute Gasteiger partial charge is 0.451 e. The Morgan fingerprint density at radius 3 is 1.95 bits per heavy atom. The van der Waals surface area contributed by atoms with Gasteiger partial charge >= 0.3 is 27.3 Å². The summed E-state index contributed by atoms with van der Waals surface area (Å²) in [6, 6.07) is 5.93. The summed E-state index contributed by atoms with van der Waals surface area (Å²) in [5.74, 6) is -3.31. The van der Waals surface area contributed by atoms with Crippen molar-refractivity contribution >= 4 is 16.1 Å². The average molecular weight is 302 g/mol. The Bertz CT molecular complexity index is 568. The molecular formula is C9H6F4O5S. The minimum absolute atomic E-state index is 0.512. The molecule has 19 heavy (non-hydrogen) atoms. The molecule has 1 unspecified atom stereocenters. The molecule has 106 valence electrons. The minimum atomic E-state index is -6.41. The summed E-state index contributed by atoms with van der Waals surface area (Å²) < 4.78 is 83.7. The van der Waals surface area contributed by atoms with Crippen molar-refractivity contribution in [2.45, 2.75) is 11.2 Å². The number of rotatable bonds is 3. The van der Waals surface area contributed by atoms with Crippen LogP contribution in [0.3, 0.4) is 0 Å². The quantitative estimate of drug-likeness (QED) is 0.398. The standard InChI is InChI=1S/C9H6F4O5S/c10-8(9(11,12)13,19(15,16)17)7(14)18-6-4-2-1-3-5-6/h1-5H,(H,15,16,17). The van der Waals surface area contributed by atoms with Gasteiger partial charge < -0.3 is 4.74 Å². The molecule has 10 heteroatoms. The highest BCUT2D eigenvalue weighted by Gasteiger charge is 2.72. The second-order valence-corrected chi connectivity index (χ2v) is 4.78. The van der Waals surface area contributed by atoms with Crippen LogP contribution in [0.25, 0.3) is 0 Å². The zero-order valence-corrected chi connectivity index (χ0v) is 9.70. The van der Waals surface area contributed by atoms with Crippen LogP contribution >= 0.6 is 0 Å². The molecule has 0 spiro atoms. The van der Waals surface area contributed by atoms with Crippen molar-refractivity contribution in [1.29, 1.82) is 0 Å². The van der Waals surface area contributed by atoms with Gasteiger partial charge in [-0.25, -0.2) is 9.18 Å². The molecule has 0 saturated carbocycles. The van der Waals surface area contributed by atoms with Crippen LogP contribution in [0.15, 0.2) is 30.3 Å². The van der Waals surface area contributed by atoms with Crippen LogP contribution < -0.4 is 4.74 Å². The lowest BCUT2D eigenvalue weighted by molar-refractivity contribution is -0.209. The number of hydrogen-bond donors (Lipinski definition) is 1. The fourth-order valence-corrected chi connectivity index (χ4v) is 1.57. The molecule has 1 N–H and O–H groups in total. The first kappa shape index (κ1) is 15.4. The van der Waals surface area contributed by atoms with Crippen LogP contribution in [-0.4, -0.2) is 30.1 Å². The van der Waals surface area contributed by atoms with Gasteiger partial charge in [0.25, 0.3) is 0 Å². The Kier molecular flexibility index (Phi) is 3.87. The van der Waals surface area contributed by atoms with Gasteiger partial charge in [-0.2, -0.15) is 21.6 Å². The highest BCUT2D eigenvalue weighted by atomic mass is 32.2. The summed E-state index contributed by atoms with van der Waals surface area (Å²) in [6.07, 6.45) is -6.19. The van der Waals surface area contributed by atoms with Crippen LogP contribution in [-0.2, 0) is 14.9 Å². The number of ether oxygens (including phenoxy) is 1. The summed E-state index contributed by atoms with van der Waals surface area (Å²) in [6.45, 7) is 0. The number of benzene rings is 1. The van der Waals surface area contributed by atoms with Gasteiger partial charge in [0.15, 0.2) is 0 Å². The maximum atomic E-state index is 13.4. The third-order valence-electron chi connectivity index (χ3n) is 1.94. The third-order valence-corrected chi connectivity index (χ3v) is 3.05. The van der Waals surface area contributed by atoms with E-state index in [1.165, 1.54) is 18.2 Å². The number of alkyl halides is 4. The van der Waals surface area contributed by atoms with Crippen molar-refractivity contribution in [2.24, 2.45) is 0 Å². The van der Waals surface area contributed by atoms with Crippen molar-refractivity contribution in [3.05, 3.63) is 30.3 Å². The molecule has 1 aromatic carbocycles. The number of esters is 1. The number of carbonyl (C=O) groups is 1. The first-order valence-electron chi connectivity index (χ1n) is 4.50. The molecule has 0 aromatic heterocycles. The number of carbonyl (C=O) groups excluding carboxylic acids is 1. The monoisotopic (exact) mass is 302 g/mol. The van der Waals surface area contributed by atoms with E-state index in [0.29, 0.717) is 0 Å². The highest BCUT2D eigenvalue weighted by molar-refractivity contribution is 7.88. The molecule has 0 bridgehead atoms. The summed E-state index contributed by atoms with van der Waals surface area (Å²) in [7, 11) is -6.41. The maximum Gasteiger partial charge on any atom is 0.451 e. The molecule has 1 atom stereocenters. The van der Waals surface area contributed by atoms with Gasteiger partial charge in [0, 0.05) is 0 Å². The lowest BCUT2D eigenvalue weighted by Gasteiger charge is -2.22. The molecule has 0 aliphatic heterocycles. The number of halogens is 4. The normalized spacial score (nSPS) is 15.6. The molecule has 5 nitrogen and oxygen atoms in total. The van der Waals surface area contributed by atoms with E-state index in [1.54, 1.807) is 0 Å². The van der Waals surface area contributed by atoms with Crippen molar-refractivity contribution in [2.75, 3.05) is 0 Å². The Hall–Kier alpha value is -1.68. The number of hydrogen-bond acceptors (Lipinski definition) is 4. The second-order valence-electron chi connectivity index (χ2n) is 3.27. The van der Waals surface area contributed by atoms with Crippen LogP contribution in [0.5, 0.6) is 5.75 Å². The fourth-order valence-electron chi connectivity index (χ4n) is 1.03. The minimum Gasteiger partial charge on any atom is -0.423 e. The van der Waals surface area contributed by atoms with Crippen LogP contribution in [0.1, 0.15) is 0 Å². The van der Waals surface area contributed by atoms with E-state index in [2.05, 4.69) is 4.74 Å². The van der Waals surface area contributed by atoms with E-state index < -0.39 is 33.0 Å². The third kappa shape index (κ3) is 2.84. The topological polar surface area (TPSA) is 80.7 Å². The van der Waals surface area contributed by atoms with E-state index in [0.717, 1.165) is 12.1 Å². The first-order chi connectivity index (χ1) is 8.50. The van der Waals surface area contributed by atoms with Gasteiger partial charge in [-0.1, -0.05) is 18.2 Å². The van der Waals surface area contributed by atoms with Gasteiger partial charge in [0.05, 0.1) is 0 Å². The molecule has 1 aromatic rings. The van der Waals surface area contributed by atoms with E-state index >= 15 is 0 Å². The van der Waals surface area contributed by atoms with E-state index in [-0.39, 0.29) is 0 Å². The number of para-hydroxylation sites is 1. The van der Waals surface area contributed by atoms with Crippen LogP contribution in [0.2, 0.25) is 0 Å². The Morgan fingerprint density at radius 2 is 1.58 bits per heavy atom. The van der Waals surface area contributed by atoms with Crippen molar-refractivity contribution in [1.82, 2.24) is 0 Å². The molecule has 1 rings (SSSR count). The summed E-state index contributed by atoms with van der Waals surface area (Å²) >= 11 is 0. The Balaban J connectivity index is 3.19. The smallest absolute Gasteiger partial charge is 0.423 e. The van der Waals surface area contributed by atoms with Gasteiger partial charge in [0.1, 0.15) is 5.75 Å². The zero-order chi connectivity index (χ0) is 14.9. The summed E-state index contributed by atoms with van der Waals surface area (Å²) in [5, 5.41) is -5.55. The predicted molar refractivity (Wildman–Crippen MR) is 53.5 cm³/mol. The Morgan fingerprint density at radius 1 is 1.11 bits per heavy atom. The van der Waals surface area contributed by atoms with Crippen molar-refractivity contribution in [3.63, 3.8) is 0 Å². The zero-order valence-electron chi connectivity index (χ0n) is 8.89. The molecule has 0 heterocycles. The maximum absolute atomic E-state index is 13.4. The molecule has 0 radical (unpaired) electrons. The predicted octanol–water partition coefficient (Wildman–Crippen LogP) is 1.71. The molecular weight excluding hydrogens is 296 g/mol. The lowest BCUT2D eigenvalue weighted by Crippen LogP contribution is -2.55. The summed E-state index contributed by atoms with van der Waals surface area (Å²) in [4.78, 5) is 11.1. The van der Waals surface area contributed by atoms with Crippen LogP contribution in [0.4, 0.5) is 17.6 Å². The van der Waals surface area contributed by atoms with Gasteiger partial charge in [-0.05, 0) is 12.1 Å². The van der Waals surface area contributed by atoms with E-state index in [1.807, 2.05) is 0 Å². The molecule has 0 aliphatic rings. The van der Waals surface area contributed by atoms with E-state index in [4.69, 9.17) is 4.55 Å². The molecule has 0 saturated heterocycles. The second kappa shape index (κ2) is 4.78.